The van der Waals surface area contributed by atoms with E-state index in [1.54, 1.807) is 12.1 Å². The number of nitrogens with one attached hydrogen (secondary N) is 1. The lowest BCUT2D eigenvalue weighted by molar-refractivity contribution is 0.0744. The Hall–Kier alpha value is -2.73. The first-order valence-electron chi connectivity index (χ1n) is 10.2. The zero-order valence-electron chi connectivity index (χ0n) is 17.3. The second-order valence-corrected chi connectivity index (χ2v) is 7.52. The maximum Gasteiger partial charge on any atom is 0.123 e. The minimum atomic E-state index is -0.559. The van der Waals surface area contributed by atoms with E-state index in [9.17, 15) is 9.50 Å². The van der Waals surface area contributed by atoms with Gasteiger partial charge in [-0.3, -0.25) is 4.90 Å². The molecule has 0 spiro atoms. The Balaban J connectivity index is 1.35. The summed E-state index contributed by atoms with van der Waals surface area (Å²) in [5, 5.41) is 13.6. The van der Waals surface area contributed by atoms with Gasteiger partial charge >= 0.3 is 0 Å². The summed E-state index contributed by atoms with van der Waals surface area (Å²) in [6.07, 6.45) is -0.559. The molecule has 2 N–H and O–H groups in total. The van der Waals surface area contributed by atoms with Crippen LogP contribution in [0.15, 0.2) is 78.9 Å². The zero-order valence-corrected chi connectivity index (χ0v) is 17.3. The summed E-state index contributed by atoms with van der Waals surface area (Å²) in [7, 11) is 1.99. The zero-order chi connectivity index (χ0) is 21.2. The third kappa shape index (κ3) is 7.59. The highest BCUT2D eigenvalue weighted by molar-refractivity contribution is 5.27. The molecule has 0 aromatic heterocycles. The highest BCUT2D eigenvalue weighted by Gasteiger charge is 2.10. The Morgan fingerprint density at radius 2 is 1.47 bits per heavy atom. The molecule has 0 saturated heterocycles. The van der Waals surface area contributed by atoms with Crippen LogP contribution in [0.5, 0.6) is 5.75 Å². The smallest absolute Gasteiger partial charge is 0.123 e. The molecule has 0 saturated carbocycles. The Kier molecular flexibility index (Phi) is 8.39. The molecule has 0 bridgehead atoms. The molecule has 30 heavy (non-hydrogen) atoms. The molecule has 0 aliphatic heterocycles. The number of rotatable bonds is 11. The molecule has 4 nitrogen and oxygen atoms in total. The maximum atomic E-state index is 12.9. The summed E-state index contributed by atoms with van der Waals surface area (Å²) < 4.78 is 18.7. The Morgan fingerprint density at radius 3 is 2.10 bits per heavy atom. The van der Waals surface area contributed by atoms with Gasteiger partial charge in [0.25, 0.3) is 0 Å². The molecule has 3 aromatic carbocycles. The lowest BCUT2D eigenvalue weighted by Gasteiger charge is -2.21. The van der Waals surface area contributed by atoms with E-state index in [-0.39, 0.29) is 12.4 Å². The van der Waals surface area contributed by atoms with Crippen molar-refractivity contribution < 1.29 is 14.2 Å². The highest BCUT2D eigenvalue weighted by Crippen LogP contribution is 2.13. The average Bonchev–Trinajstić information content (AvgIpc) is 2.75. The fraction of sp³-hybridized carbons (Fsp3) is 0.280. The van der Waals surface area contributed by atoms with E-state index in [0.717, 1.165) is 23.4 Å². The Morgan fingerprint density at radius 1 is 0.867 bits per heavy atom. The Labute approximate surface area is 177 Å². The van der Waals surface area contributed by atoms with Crippen molar-refractivity contribution in [1.82, 2.24) is 10.2 Å². The number of aliphatic hydroxyl groups is 1. The molecule has 5 heteroatoms. The molecular weight excluding hydrogens is 379 g/mol. The molecule has 3 aromatic rings. The molecule has 1 atom stereocenters. The molecule has 3 rings (SSSR count). The van der Waals surface area contributed by atoms with Crippen molar-refractivity contribution in [3.63, 3.8) is 0 Å². The predicted molar refractivity (Wildman–Crippen MR) is 118 cm³/mol. The van der Waals surface area contributed by atoms with Crippen molar-refractivity contribution in [2.75, 3.05) is 20.2 Å². The molecule has 158 valence electrons. The standard InChI is InChI=1S/C25H29FN2O2/c1-28(17-22-5-3-2-4-6-22)18-24(29)19-30-25-13-9-21(10-14-25)16-27-15-20-7-11-23(26)12-8-20/h2-14,24,27,29H,15-19H2,1H3/t24-/m1/s1. The van der Waals surface area contributed by atoms with Crippen LogP contribution >= 0.6 is 0 Å². The lowest BCUT2D eigenvalue weighted by Crippen LogP contribution is -2.32. The van der Waals surface area contributed by atoms with Gasteiger partial charge in [-0.25, -0.2) is 4.39 Å². The SMILES string of the molecule is CN(Cc1ccccc1)C[C@@H](O)COc1ccc(CNCc2ccc(F)cc2)cc1. The number of nitrogens with zero attached hydrogens (tertiary/aromatic N) is 1. The molecule has 0 unspecified atom stereocenters. The van der Waals surface area contributed by atoms with Gasteiger partial charge in [0.05, 0.1) is 0 Å². The highest BCUT2D eigenvalue weighted by atomic mass is 19.1. The summed E-state index contributed by atoms with van der Waals surface area (Å²) in [5.41, 5.74) is 3.40. The van der Waals surface area contributed by atoms with Crippen LogP contribution in [0.3, 0.4) is 0 Å². The summed E-state index contributed by atoms with van der Waals surface area (Å²) in [6, 6.07) is 24.5. The van der Waals surface area contributed by atoms with Crippen LogP contribution in [0, 0.1) is 5.82 Å². The van der Waals surface area contributed by atoms with Crippen LogP contribution in [-0.2, 0) is 19.6 Å². The first-order chi connectivity index (χ1) is 14.6. The maximum absolute atomic E-state index is 12.9. The van der Waals surface area contributed by atoms with E-state index in [1.165, 1.54) is 17.7 Å². The molecular formula is C25H29FN2O2. The third-order valence-electron chi connectivity index (χ3n) is 4.75. The quantitative estimate of drug-likeness (QED) is 0.504. The van der Waals surface area contributed by atoms with Gasteiger partial charge in [0.1, 0.15) is 24.3 Å². The average molecular weight is 409 g/mol. The minimum Gasteiger partial charge on any atom is -0.491 e. The minimum absolute atomic E-state index is 0.220. The van der Waals surface area contributed by atoms with Gasteiger partial charge in [-0.2, -0.15) is 0 Å². The van der Waals surface area contributed by atoms with Crippen molar-refractivity contribution in [3.05, 3.63) is 101 Å². The molecule has 0 fully saturated rings. The molecule has 0 amide bonds. The molecule has 0 aliphatic rings. The fourth-order valence-corrected chi connectivity index (χ4v) is 3.22. The number of hydrogen-bond acceptors (Lipinski definition) is 4. The number of benzene rings is 3. The van der Waals surface area contributed by atoms with Gasteiger partial charge in [0, 0.05) is 26.2 Å². The van der Waals surface area contributed by atoms with Gasteiger partial charge in [0.15, 0.2) is 0 Å². The summed E-state index contributed by atoms with van der Waals surface area (Å²) in [5.74, 6) is 0.518. The van der Waals surface area contributed by atoms with Crippen molar-refractivity contribution >= 4 is 0 Å². The molecule has 0 aliphatic carbocycles. The normalized spacial score (nSPS) is 12.1. The van der Waals surface area contributed by atoms with Crippen LogP contribution in [0.4, 0.5) is 4.39 Å². The lowest BCUT2D eigenvalue weighted by atomic mass is 10.2. The number of halogens is 1. The largest absolute Gasteiger partial charge is 0.491 e. The Bertz CT molecular complexity index is 870. The molecule has 0 radical (unpaired) electrons. The van der Waals surface area contributed by atoms with Gasteiger partial charge < -0.3 is 15.2 Å². The van der Waals surface area contributed by atoms with Crippen LogP contribution in [0.2, 0.25) is 0 Å². The monoisotopic (exact) mass is 408 g/mol. The van der Waals surface area contributed by atoms with E-state index >= 15 is 0 Å². The fourth-order valence-electron chi connectivity index (χ4n) is 3.22. The van der Waals surface area contributed by atoms with Crippen molar-refractivity contribution in [2.45, 2.75) is 25.7 Å². The number of aliphatic hydroxyl groups excluding tert-OH is 1. The third-order valence-corrected chi connectivity index (χ3v) is 4.75. The summed E-state index contributed by atoms with van der Waals surface area (Å²) in [4.78, 5) is 2.08. The van der Waals surface area contributed by atoms with E-state index < -0.39 is 6.10 Å². The van der Waals surface area contributed by atoms with Crippen molar-refractivity contribution in [2.24, 2.45) is 0 Å². The number of ether oxygens (including phenoxy) is 1. The van der Waals surface area contributed by atoms with Crippen LogP contribution in [0.25, 0.3) is 0 Å². The van der Waals surface area contributed by atoms with Gasteiger partial charge in [-0.05, 0) is 48.0 Å². The van der Waals surface area contributed by atoms with Crippen molar-refractivity contribution in [1.29, 1.82) is 0 Å². The van der Waals surface area contributed by atoms with Gasteiger partial charge in [-0.15, -0.1) is 0 Å². The first-order valence-corrected chi connectivity index (χ1v) is 10.2. The first kappa shape index (κ1) is 22.0. The van der Waals surface area contributed by atoms with E-state index in [1.807, 2.05) is 49.5 Å². The van der Waals surface area contributed by atoms with E-state index in [0.29, 0.717) is 19.6 Å². The van der Waals surface area contributed by atoms with E-state index in [4.69, 9.17) is 4.74 Å². The second kappa shape index (κ2) is 11.5. The topological polar surface area (TPSA) is 44.7 Å². The predicted octanol–water partition coefficient (Wildman–Crippen LogP) is 3.99. The van der Waals surface area contributed by atoms with Crippen LogP contribution in [-0.4, -0.2) is 36.3 Å². The van der Waals surface area contributed by atoms with Crippen LogP contribution < -0.4 is 10.1 Å². The summed E-state index contributed by atoms with van der Waals surface area (Å²) >= 11 is 0. The second-order valence-electron chi connectivity index (χ2n) is 7.52. The summed E-state index contributed by atoms with van der Waals surface area (Å²) in [6.45, 7) is 2.98. The molecule has 0 heterocycles. The van der Waals surface area contributed by atoms with Crippen molar-refractivity contribution in [3.8, 4) is 5.75 Å². The van der Waals surface area contributed by atoms with Gasteiger partial charge in [0.2, 0.25) is 0 Å². The van der Waals surface area contributed by atoms with Gasteiger partial charge in [-0.1, -0.05) is 54.6 Å². The number of likely N-dealkylation sites (N-methyl/N-ethyl adjacent to an activating group) is 1. The number of hydrogen-bond donors (Lipinski definition) is 2. The van der Waals surface area contributed by atoms with Crippen LogP contribution in [0.1, 0.15) is 16.7 Å². The van der Waals surface area contributed by atoms with E-state index in [2.05, 4.69) is 22.3 Å².